The standard InChI is InChI=1S/C10H10N2O4/c1-9(16-8-13)12-6-2-3-7-15-10(14)4-5-11/h8H,4,6-7H2,1H3. The molecule has 0 spiro atoms. The molecule has 0 saturated carbocycles. The summed E-state index contributed by atoms with van der Waals surface area (Å²) in [6.45, 7) is 1.86. The monoisotopic (exact) mass is 222 g/mol. The van der Waals surface area contributed by atoms with Crippen molar-refractivity contribution < 1.29 is 19.1 Å². The number of hydrogen-bond acceptors (Lipinski definition) is 6. The van der Waals surface area contributed by atoms with Crippen LogP contribution in [-0.4, -0.2) is 31.5 Å². The first kappa shape index (κ1) is 13.7. The van der Waals surface area contributed by atoms with E-state index in [4.69, 9.17) is 5.26 Å². The predicted octanol–water partition coefficient (Wildman–Crippen LogP) is 0.0381. The van der Waals surface area contributed by atoms with E-state index in [0.717, 1.165) is 0 Å². The average Bonchev–Trinajstić information content (AvgIpc) is 2.24. The van der Waals surface area contributed by atoms with Crippen molar-refractivity contribution in [1.82, 2.24) is 0 Å². The molecule has 0 bridgehead atoms. The molecule has 0 aromatic rings. The van der Waals surface area contributed by atoms with Gasteiger partial charge in [-0.15, -0.1) is 0 Å². The molecule has 84 valence electrons. The Balaban J connectivity index is 3.71. The van der Waals surface area contributed by atoms with Gasteiger partial charge in [-0.2, -0.15) is 5.26 Å². The molecule has 0 atom stereocenters. The molecular formula is C10H10N2O4. The van der Waals surface area contributed by atoms with E-state index >= 15 is 0 Å². The predicted molar refractivity (Wildman–Crippen MR) is 54.1 cm³/mol. The summed E-state index contributed by atoms with van der Waals surface area (Å²) >= 11 is 0. The first-order valence-electron chi connectivity index (χ1n) is 4.30. The van der Waals surface area contributed by atoms with Crippen molar-refractivity contribution >= 4 is 18.3 Å². The Bertz CT molecular complexity index is 371. The zero-order valence-electron chi connectivity index (χ0n) is 8.73. The molecule has 0 saturated heterocycles. The van der Waals surface area contributed by atoms with E-state index in [1.165, 1.54) is 6.92 Å². The maximum Gasteiger partial charge on any atom is 0.321 e. The maximum atomic E-state index is 10.7. The van der Waals surface area contributed by atoms with Crippen LogP contribution in [0.4, 0.5) is 0 Å². The van der Waals surface area contributed by atoms with E-state index < -0.39 is 5.97 Å². The molecule has 0 aromatic carbocycles. The smallest absolute Gasteiger partial charge is 0.321 e. The molecule has 6 nitrogen and oxygen atoms in total. The molecule has 0 aliphatic carbocycles. The lowest BCUT2D eigenvalue weighted by molar-refractivity contribution is -0.140. The van der Waals surface area contributed by atoms with Gasteiger partial charge in [0.2, 0.25) is 0 Å². The molecule has 0 heterocycles. The highest BCUT2D eigenvalue weighted by Gasteiger charge is 1.97. The lowest BCUT2D eigenvalue weighted by Crippen LogP contribution is -2.03. The molecular weight excluding hydrogens is 212 g/mol. The minimum atomic E-state index is -0.610. The van der Waals surface area contributed by atoms with E-state index in [0.29, 0.717) is 0 Å². The molecule has 0 aromatic heterocycles. The van der Waals surface area contributed by atoms with E-state index in [-0.39, 0.29) is 31.9 Å². The molecule has 0 aliphatic rings. The largest absolute Gasteiger partial charge is 0.452 e. The second-order valence-corrected chi connectivity index (χ2v) is 2.40. The zero-order chi connectivity index (χ0) is 12.2. The molecule has 0 radical (unpaired) electrons. The zero-order valence-corrected chi connectivity index (χ0v) is 8.73. The Morgan fingerprint density at radius 3 is 2.88 bits per heavy atom. The second kappa shape index (κ2) is 9.22. The molecule has 0 aliphatic heterocycles. The van der Waals surface area contributed by atoms with Gasteiger partial charge in [0, 0.05) is 6.92 Å². The van der Waals surface area contributed by atoms with Gasteiger partial charge in [-0.1, -0.05) is 11.8 Å². The lowest BCUT2D eigenvalue weighted by Gasteiger charge is -1.94. The third-order valence-corrected chi connectivity index (χ3v) is 1.25. The Hall–Kier alpha value is -2.34. The summed E-state index contributed by atoms with van der Waals surface area (Å²) in [5.41, 5.74) is 0. The van der Waals surface area contributed by atoms with Gasteiger partial charge in [0.25, 0.3) is 6.47 Å². The fraction of sp³-hybridized carbons (Fsp3) is 0.400. The molecule has 6 heteroatoms. The third-order valence-electron chi connectivity index (χ3n) is 1.25. The van der Waals surface area contributed by atoms with Crippen LogP contribution in [0.25, 0.3) is 0 Å². The Morgan fingerprint density at radius 2 is 2.25 bits per heavy atom. The Morgan fingerprint density at radius 1 is 1.50 bits per heavy atom. The minimum Gasteiger partial charge on any atom is -0.452 e. The normalized spacial score (nSPS) is 9.38. The lowest BCUT2D eigenvalue weighted by atomic mass is 10.5. The molecule has 16 heavy (non-hydrogen) atoms. The first-order chi connectivity index (χ1) is 7.70. The fourth-order valence-electron chi connectivity index (χ4n) is 0.597. The van der Waals surface area contributed by atoms with Crippen molar-refractivity contribution in [3.05, 3.63) is 0 Å². The van der Waals surface area contributed by atoms with Crippen LogP contribution in [0.3, 0.4) is 0 Å². The Labute approximate surface area is 92.9 Å². The number of hydrogen-bond donors (Lipinski definition) is 0. The van der Waals surface area contributed by atoms with Crippen LogP contribution in [-0.2, 0) is 19.1 Å². The Kier molecular flexibility index (Phi) is 7.88. The molecule has 0 amide bonds. The summed E-state index contributed by atoms with van der Waals surface area (Å²) in [6.07, 6.45) is -0.286. The number of ether oxygens (including phenoxy) is 2. The molecule has 0 fully saturated rings. The van der Waals surface area contributed by atoms with Crippen molar-refractivity contribution in [2.24, 2.45) is 4.99 Å². The molecule has 0 N–H and O–H groups in total. The van der Waals surface area contributed by atoms with E-state index in [2.05, 4.69) is 26.3 Å². The number of esters is 1. The van der Waals surface area contributed by atoms with Crippen LogP contribution in [0.15, 0.2) is 4.99 Å². The number of nitriles is 1. The van der Waals surface area contributed by atoms with Gasteiger partial charge < -0.3 is 9.47 Å². The summed E-state index contributed by atoms with van der Waals surface area (Å²) in [5.74, 6) is 4.70. The van der Waals surface area contributed by atoms with Crippen LogP contribution < -0.4 is 0 Å². The van der Waals surface area contributed by atoms with Crippen molar-refractivity contribution in [3.63, 3.8) is 0 Å². The van der Waals surface area contributed by atoms with E-state index in [1.54, 1.807) is 6.07 Å². The van der Waals surface area contributed by atoms with E-state index in [1.807, 2.05) is 0 Å². The highest BCUT2D eigenvalue weighted by molar-refractivity contribution is 5.79. The fourth-order valence-corrected chi connectivity index (χ4v) is 0.597. The molecule has 0 rings (SSSR count). The summed E-state index contributed by atoms with van der Waals surface area (Å²) in [6, 6.07) is 1.65. The summed E-state index contributed by atoms with van der Waals surface area (Å²) in [7, 11) is 0. The van der Waals surface area contributed by atoms with Crippen LogP contribution in [0.2, 0.25) is 0 Å². The molecule has 0 unspecified atom stereocenters. The second-order valence-electron chi connectivity index (χ2n) is 2.40. The highest BCUT2D eigenvalue weighted by Crippen LogP contribution is 1.82. The van der Waals surface area contributed by atoms with E-state index in [9.17, 15) is 9.59 Å². The minimum absolute atomic E-state index is 0.0797. The number of rotatable bonds is 4. The quantitative estimate of drug-likeness (QED) is 0.220. The van der Waals surface area contributed by atoms with Crippen molar-refractivity contribution in [1.29, 1.82) is 5.26 Å². The topological polar surface area (TPSA) is 88.8 Å². The van der Waals surface area contributed by atoms with Gasteiger partial charge in [0.05, 0.1) is 6.07 Å². The SMILES string of the molecule is CC(=NCC#CCOC(=O)CC#N)OC=O. The van der Waals surface area contributed by atoms with Gasteiger partial charge in [-0.3, -0.25) is 9.59 Å². The van der Waals surface area contributed by atoms with Gasteiger partial charge in [-0.25, -0.2) is 4.99 Å². The summed E-state index contributed by atoms with van der Waals surface area (Å²) in [5, 5.41) is 8.14. The van der Waals surface area contributed by atoms with Gasteiger partial charge >= 0.3 is 5.97 Å². The first-order valence-corrected chi connectivity index (χ1v) is 4.30. The van der Waals surface area contributed by atoms with Crippen molar-refractivity contribution in [2.45, 2.75) is 13.3 Å². The number of nitrogens with zero attached hydrogens (tertiary/aromatic N) is 2. The van der Waals surface area contributed by atoms with Crippen LogP contribution in [0.5, 0.6) is 0 Å². The number of carbonyl (C=O) groups is 2. The maximum absolute atomic E-state index is 10.7. The van der Waals surface area contributed by atoms with Gasteiger partial charge in [0.1, 0.15) is 13.0 Å². The number of carbonyl (C=O) groups excluding carboxylic acids is 2. The van der Waals surface area contributed by atoms with Crippen molar-refractivity contribution in [3.8, 4) is 17.9 Å². The average molecular weight is 222 g/mol. The van der Waals surface area contributed by atoms with Gasteiger partial charge in [0.15, 0.2) is 12.5 Å². The van der Waals surface area contributed by atoms with Crippen LogP contribution in [0, 0.1) is 23.2 Å². The van der Waals surface area contributed by atoms with Crippen molar-refractivity contribution in [2.75, 3.05) is 13.2 Å². The summed E-state index contributed by atoms with van der Waals surface area (Å²) in [4.78, 5) is 24.3. The third kappa shape index (κ3) is 8.27. The van der Waals surface area contributed by atoms with Crippen LogP contribution >= 0.6 is 0 Å². The number of aliphatic imine (C=N–C) groups is 1. The highest BCUT2D eigenvalue weighted by atomic mass is 16.5. The van der Waals surface area contributed by atoms with Gasteiger partial charge in [-0.05, 0) is 0 Å². The summed E-state index contributed by atoms with van der Waals surface area (Å²) < 4.78 is 8.96. The van der Waals surface area contributed by atoms with Crippen LogP contribution in [0.1, 0.15) is 13.3 Å².